The molecule has 0 saturated heterocycles. The number of para-hydroxylation sites is 1. The fraction of sp³-hybridized carbons (Fsp3) is 0.278. The molecule has 2 rings (SSSR count). The minimum absolute atomic E-state index is 0.209. The van der Waals surface area contributed by atoms with Crippen molar-refractivity contribution in [1.29, 1.82) is 0 Å². The Morgan fingerprint density at radius 2 is 1.88 bits per heavy atom. The average molecular weight is 365 g/mol. The summed E-state index contributed by atoms with van der Waals surface area (Å²) in [4.78, 5) is 13.6. The zero-order valence-corrected chi connectivity index (χ0v) is 15.1. The number of methoxy groups -OCH3 is 1. The summed E-state index contributed by atoms with van der Waals surface area (Å²) in [6.07, 6.45) is 0. The van der Waals surface area contributed by atoms with Crippen molar-refractivity contribution in [2.75, 3.05) is 19.9 Å². The number of amides is 1. The normalized spacial score (nSPS) is 12.5. The lowest BCUT2D eigenvalue weighted by atomic mass is 10.1. The molecular weight excluding hydrogens is 345 g/mol. The molecule has 0 heterocycles. The van der Waals surface area contributed by atoms with Crippen LogP contribution in [0.4, 0.5) is 4.39 Å². The third kappa shape index (κ3) is 4.36. The number of benzene rings is 2. The van der Waals surface area contributed by atoms with Crippen LogP contribution in [0.3, 0.4) is 0 Å². The lowest BCUT2D eigenvalue weighted by Gasteiger charge is -2.26. The SMILES string of the molecule is COc1ccccc1[C@H](C)N(C)C(=O)CS(=O)(=O)c1cccc(F)c1. The summed E-state index contributed by atoms with van der Waals surface area (Å²) in [5.41, 5.74) is 0.768. The minimum Gasteiger partial charge on any atom is -0.496 e. The maximum absolute atomic E-state index is 13.3. The Hall–Kier alpha value is -2.41. The van der Waals surface area contributed by atoms with Gasteiger partial charge in [-0.25, -0.2) is 12.8 Å². The maximum Gasteiger partial charge on any atom is 0.238 e. The van der Waals surface area contributed by atoms with Gasteiger partial charge in [-0.3, -0.25) is 4.79 Å². The summed E-state index contributed by atoms with van der Waals surface area (Å²) in [7, 11) is -0.863. The van der Waals surface area contributed by atoms with Crippen LogP contribution in [-0.4, -0.2) is 39.1 Å². The van der Waals surface area contributed by atoms with Gasteiger partial charge in [-0.15, -0.1) is 0 Å². The summed E-state index contributed by atoms with van der Waals surface area (Å²) in [5.74, 6) is -1.36. The van der Waals surface area contributed by atoms with Crippen molar-refractivity contribution in [3.63, 3.8) is 0 Å². The fourth-order valence-corrected chi connectivity index (χ4v) is 3.72. The highest BCUT2D eigenvalue weighted by atomic mass is 32.2. The second kappa shape index (κ2) is 7.65. The lowest BCUT2D eigenvalue weighted by Crippen LogP contribution is -2.34. The molecule has 0 aliphatic heterocycles. The molecule has 0 bridgehead atoms. The molecule has 0 spiro atoms. The summed E-state index contributed by atoms with van der Waals surface area (Å²) >= 11 is 0. The number of carbonyl (C=O) groups excluding carboxylic acids is 1. The van der Waals surface area contributed by atoms with Crippen LogP contribution in [0.2, 0.25) is 0 Å². The number of hydrogen-bond acceptors (Lipinski definition) is 4. The lowest BCUT2D eigenvalue weighted by molar-refractivity contribution is -0.129. The first-order chi connectivity index (χ1) is 11.8. The predicted molar refractivity (Wildman–Crippen MR) is 92.6 cm³/mol. The quantitative estimate of drug-likeness (QED) is 0.790. The highest BCUT2D eigenvalue weighted by Crippen LogP contribution is 2.28. The van der Waals surface area contributed by atoms with Crippen molar-refractivity contribution in [2.24, 2.45) is 0 Å². The van der Waals surface area contributed by atoms with Gasteiger partial charge in [0.15, 0.2) is 9.84 Å². The van der Waals surface area contributed by atoms with Crippen LogP contribution in [0.25, 0.3) is 0 Å². The molecule has 5 nitrogen and oxygen atoms in total. The topological polar surface area (TPSA) is 63.7 Å². The van der Waals surface area contributed by atoms with Crippen LogP contribution in [0.5, 0.6) is 5.75 Å². The highest BCUT2D eigenvalue weighted by molar-refractivity contribution is 7.92. The van der Waals surface area contributed by atoms with Crippen molar-refractivity contribution < 1.29 is 22.3 Å². The van der Waals surface area contributed by atoms with Crippen molar-refractivity contribution >= 4 is 15.7 Å². The number of halogens is 1. The monoisotopic (exact) mass is 365 g/mol. The summed E-state index contributed by atoms with van der Waals surface area (Å²) in [6, 6.07) is 11.5. The molecule has 2 aromatic rings. The third-order valence-electron chi connectivity index (χ3n) is 4.03. The number of ether oxygens (including phenoxy) is 1. The fourth-order valence-electron chi connectivity index (χ4n) is 2.44. The molecule has 0 saturated carbocycles. The predicted octanol–water partition coefficient (Wildman–Crippen LogP) is 2.83. The molecule has 0 fully saturated rings. The number of rotatable bonds is 6. The van der Waals surface area contributed by atoms with E-state index in [-0.39, 0.29) is 10.9 Å². The minimum atomic E-state index is -3.92. The highest BCUT2D eigenvalue weighted by Gasteiger charge is 2.26. The van der Waals surface area contributed by atoms with Gasteiger partial charge < -0.3 is 9.64 Å². The van der Waals surface area contributed by atoms with Crippen LogP contribution >= 0.6 is 0 Å². The summed E-state index contributed by atoms with van der Waals surface area (Å²) in [6.45, 7) is 1.78. The maximum atomic E-state index is 13.3. The number of nitrogens with zero attached hydrogens (tertiary/aromatic N) is 1. The van der Waals surface area contributed by atoms with Crippen LogP contribution < -0.4 is 4.74 Å². The van der Waals surface area contributed by atoms with Gasteiger partial charge in [0.05, 0.1) is 18.0 Å². The largest absolute Gasteiger partial charge is 0.496 e. The number of hydrogen-bond donors (Lipinski definition) is 0. The van der Waals surface area contributed by atoms with E-state index >= 15 is 0 Å². The second-order valence-corrected chi connectivity index (χ2v) is 7.63. The Labute approximate surface area is 147 Å². The molecule has 0 aliphatic rings. The molecule has 134 valence electrons. The number of sulfone groups is 1. The van der Waals surface area contributed by atoms with Gasteiger partial charge in [0, 0.05) is 12.6 Å². The first kappa shape index (κ1) is 18.9. The Kier molecular flexibility index (Phi) is 5.79. The van der Waals surface area contributed by atoms with E-state index in [4.69, 9.17) is 4.74 Å². The van der Waals surface area contributed by atoms with Crippen molar-refractivity contribution in [3.8, 4) is 5.75 Å². The van der Waals surface area contributed by atoms with Crippen LogP contribution in [-0.2, 0) is 14.6 Å². The standard InChI is InChI=1S/C18H20FNO4S/c1-13(16-9-4-5-10-17(16)24-3)20(2)18(21)12-25(22,23)15-8-6-7-14(19)11-15/h4-11,13H,12H2,1-3H3/t13-/m0/s1. The Morgan fingerprint density at radius 3 is 2.52 bits per heavy atom. The zero-order chi connectivity index (χ0) is 18.6. The molecule has 2 aromatic carbocycles. The van der Waals surface area contributed by atoms with Gasteiger partial charge in [-0.1, -0.05) is 24.3 Å². The van der Waals surface area contributed by atoms with Gasteiger partial charge in [0.25, 0.3) is 0 Å². The second-order valence-electron chi connectivity index (χ2n) is 5.64. The van der Waals surface area contributed by atoms with E-state index in [1.165, 1.54) is 31.2 Å². The van der Waals surface area contributed by atoms with Crippen molar-refractivity contribution in [3.05, 3.63) is 59.9 Å². The molecule has 0 aromatic heterocycles. The van der Waals surface area contributed by atoms with E-state index in [1.807, 2.05) is 18.2 Å². The van der Waals surface area contributed by atoms with Gasteiger partial charge in [-0.05, 0) is 31.2 Å². The molecule has 1 amide bonds. The number of carbonyl (C=O) groups is 1. The molecule has 0 unspecified atom stereocenters. The summed E-state index contributed by atoms with van der Waals surface area (Å²) in [5, 5.41) is 0. The van der Waals surface area contributed by atoms with E-state index in [1.54, 1.807) is 13.0 Å². The Bertz CT molecular complexity index is 867. The van der Waals surface area contributed by atoms with E-state index < -0.39 is 27.3 Å². The molecule has 0 aliphatic carbocycles. The Balaban J connectivity index is 2.19. The van der Waals surface area contributed by atoms with Gasteiger partial charge in [0.2, 0.25) is 5.91 Å². The van der Waals surface area contributed by atoms with E-state index in [0.717, 1.165) is 17.7 Å². The molecule has 1 atom stereocenters. The Morgan fingerprint density at radius 1 is 1.20 bits per heavy atom. The molecule has 25 heavy (non-hydrogen) atoms. The van der Waals surface area contributed by atoms with Gasteiger partial charge in [0.1, 0.15) is 17.3 Å². The van der Waals surface area contributed by atoms with E-state index in [9.17, 15) is 17.6 Å². The molecular formula is C18H20FNO4S. The van der Waals surface area contributed by atoms with Crippen LogP contribution in [0.1, 0.15) is 18.5 Å². The van der Waals surface area contributed by atoms with Gasteiger partial charge >= 0.3 is 0 Å². The first-order valence-corrected chi connectivity index (χ1v) is 9.28. The molecule has 0 radical (unpaired) electrons. The van der Waals surface area contributed by atoms with E-state index in [2.05, 4.69) is 0 Å². The smallest absolute Gasteiger partial charge is 0.238 e. The van der Waals surface area contributed by atoms with Crippen LogP contribution in [0.15, 0.2) is 53.4 Å². The first-order valence-electron chi connectivity index (χ1n) is 7.63. The third-order valence-corrected chi connectivity index (χ3v) is 5.63. The van der Waals surface area contributed by atoms with E-state index in [0.29, 0.717) is 5.75 Å². The van der Waals surface area contributed by atoms with Crippen molar-refractivity contribution in [1.82, 2.24) is 4.90 Å². The zero-order valence-electron chi connectivity index (χ0n) is 14.3. The summed E-state index contributed by atoms with van der Waals surface area (Å²) < 4.78 is 43.2. The van der Waals surface area contributed by atoms with Gasteiger partial charge in [-0.2, -0.15) is 0 Å². The molecule has 0 N–H and O–H groups in total. The van der Waals surface area contributed by atoms with Crippen molar-refractivity contribution in [2.45, 2.75) is 17.9 Å². The van der Waals surface area contributed by atoms with Crippen LogP contribution in [0, 0.1) is 5.82 Å². The average Bonchev–Trinajstić information content (AvgIpc) is 2.60. The molecule has 7 heteroatoms.